The van der Waals surface area contributed by atoms with Crippen LogP contribution in [-0.2, 0) is 24.9 Å². The Kier molecular flexibility index (Phi) is 8.52. The number of carbonyl (C=O) groups is 1. The van der Waals surface area contributed by atoms with Crippen molar-refractivity contribution in [2.45, 2.75) is 53.4 Å². The van der Waals surface area contributed by atoms with Crippen LogP contribution in [0, 0.1) is 17.9 Å². The summed E-state index contributed by atoms with van der Waals surface area (Å²) in [7, 11) is 0. The number of hydrogen-bond donors (Lipinski definition) is 1. The molecule has 8 aromatic rings. The SMILES string of the molecule is CCC(CC)C(=O)/C=C(\O)C(CC)CC.[Ir].[c-]1c2ccccc2cc2c1c1nccc3c4cccc5ccc6cc2n(c31)c6c54. The van der Waals surface area contributed by atoms with Crippen molar-refractivity contribution in [3.05, 3.63) is 96.9 Å². The number of rotatable bonds is 7. The molecule has 1 N–H and O–H groups in total. The Morgan fingerprint density at radius 3 is 2.27 bits per heavy atom. The van der Waals surface area contributed by atoms with Crippen LogP contribution in [0.25, 0.3) is 70.5 Å². The molecule has 0 aliphatic heterocycles. The Morgan fingerprint density at radius 1 is 0.800 bits per heavy atom. The Hall–Kier alpha value is -4.05. The van der Waals surface area contributed by atoms with Gasteiger partial charge in [0.05, 0.1) is 11.3 Å². The number of aromatic nitrogens is 2. The van der Waals surface area contributed by atoms with Crippen molar-refractivity contribution in [2.75, 3.05) is 0 Å². The smallest absolute Gasteiger partial charge is 0.162 e. The fraction of sp³-hybridized carbons (Fsp3) is 0.250. The van der Waals surface area contributed by atoms with Gasteiger partial charge in [-0.15, -0.1) is 23.6 Å². The third-order valence-electron chi connectivity index (χ3n) is 9.63. The fourth-order valence-corrected chi connectivity index (χ4v) is 7.14. The van der Waals surface area contributed by atoms with Crippen LogP contribution in [0.5, 0.6) is 0 Å². The summed E-state index contributed by atoms with van der Waals surface area (Å²) in [6.45, 7) is 8.07. The van der Waals surface area contributed by atoms with E-state index in [0.717, 1.165) is 42.0 Å². The number of allylic oxidation sites excluding steroid dienone is 2. The van der Waals surface area contributed by atoms with E-state index < -0.39 is 0 Å². The number of nitrogens with zero attached hydrogens (tertiary/aromatic N) is 2. The van der Waals surface area contributed by atoms with Crippen molar-refractivity contribution < 1.29 is 30.0 Å². The zero-order chi connectivity index (χ0) is 30.5. The zero-order valence-electron chi connectivity index (χ0n) is 26.1. The van der Waals surface area contributed by atoms with Crippen molar-refractivity contribution >= 4 is 76.3 Å². The summed E-state index contributed by atoms with van der Waals surface area (Å²) < 4.78 is 2.44. The molecule has 4 nitrogen and oxygen atoms in total. The quantitative estimate of drug-likeness (QED) is 0.0577. The number of aliphatic hydroxyl groups excluding tert-OH is 1. The number of aliphatic hydroxyl groups is 1. The number of carbonyl (C=O) groups excluding carboxylic acids is 1. The maximum absolute atomic E-state index is 11.7. The molecule has 0 saturated heterocycles. The molecule has 45 heavy (non-hydrogen) atoms. The first-order valence-electron chi connectivity index (χ1n) is 16.0. The molecule has 0 aliphatic carbocycles. The summed E-state index contributed by atoms with van der Waals surface area (Å²) in [6.07, 6.45) is 6.85. The molecule has 0 bridgehead atoms. The summed E-state index contributed by atoms with van der Waals surface area (Å²) >= 11 is 0. The molecule has 0 amide bonds. The second kappa shape index (κ2) is 12.4. The van der Waals surface area contributed by atoms with Crippen LogP contribution in [0.4, 0.5) is 0 Å². The Labute approximate surface area is 276 Å². The van der Waals surface area contributed by atoms with E-state index in [4.69, 9.17) is 4.98 Å². The Bertz CT molecular complexity index is 2330. The summed E-state index contributed by atoms with van der Waals surface area (Å²) in [5.41, 5.74) is 4.76. The monoisotopic (exact) mass is 770 g/mol. The van der Waals surface area contributed by atoms with Gasteiger partial charge in [0.25, 0.3) is 0 Å². The van der Waals surface area contributed by atoms with E-state index in [1.165, 1.54) is 60.3 Å². The topological polar surface area (TPSA) is 54.6 Å². The molecule has 4 aromatic heterocycles. The molecule has 229 valence electrons. The summed E-state index contributed by atoms with van der Waals surface area (Å²) in [5.74, 6) is 0.547. The van der Waals surface area contributed by atoms with Gasteiger partial charge in [0, 0.05) is 76.9 Å². The van der Waals surface area contributed by atoms with Gasteiger partial charge in [-0.05, 0) is 48.6 Å². The molecule has 0 fully saturated rings. The van der Waals surface area contributed by atoms with E-state index in [9.17, 15) is 9.90 Å². The van der Waals surface area contributed by atoms with E-state index in [1.807, 2.05) is 33.9 Å². The molecule has 4 heterocycles. The minimum Gasteiger partial charge on any atom is -0.512 e. The fourth-order valence-electron chi connectivity index (χ4n) is 7.14. The van der Waals surface area contributed by atoms with Crippen LogP contribution in [-0.4, -0.2) is 20.3 Å². The van der Waals surface area contributed by atoms with Crippen molar-refractivity contribution in [1.29, 1.82) is 0 Å². The van der Waals surface area contributed by atoms with Crippen LogP contribution in [0.3, 0.4) is 0 Å². The predicted octanol–water partition coefficient (Wildman–Crippen LogP) is 10.8. The van der Waals surface area contributed by atoms with E-state index in [2.05, 4.69) is 83.3 Å². The van der Waals surface area contributed by atoms with Gasteiger partial charge in [-0.3, -0.25) is 9.78 Å². The van der Waals surface area contributed by atoms with Crippen molar-refractivity contribution in [3.8, 4) is 0 Å². The number of ketones is 1. The zero-order valence-corrected chi connectivity index (χ0v) is 28.5. The Balaban J connectivity index is 0.000000194. The van der Waals surface area contributed by atoms with Crippen LogP contribution in [0.2, 0.25) is 0 Å². The minimum atomic E-state index is 0. The van der Waals surface area contributed by atoms with Gasteiger partial charge in [-0.25, -0.2) is 0 Å². The Morgan fingerprint density at radius 2 is 1.51 bits per heavy atom. The molecule has 0 saturated carbocycles. The van der Waals surface area contributed by atoms with Gasteiger partial charge in [0.2, 0.25) is 0 Å². The second-order valence-corrected chi connectivity index (χ2v) is 12.0. The van der Waals surface area contributed by atoms with Gasteiger partial charge in [-0.2, -0.15) is 0 Å². The first-order valence-corrected chi connectivity index (χ1v) is 16.0. The second-order valence-electron chi connectivity index (χ2n) is 12.0. The molecule has 4 aromatic carbocycles. The van der Waals surface area contributed by atoms with Crippen LogP contribution < -0.4 is 0 Å². The average Bonchev–Trinajstić information content (AvgIpc) is 3.46. The first-order chi connectivity index (χ1) is 21.5. The van der Waals surface area contributed by atoms with E-state index >= 15 is 0 Å². The van der Waals surface area contributed by atoms with Crippen LogP contribution in [0.1, 0.15) is 53.4 Å². The van der Waals surface area contributed by atoms with E-state index in [1.54, 1.807) is 0 Å². The molecule has 1 radical (unpaired) electrons. The standard InChI is InChI=1S/C27H13N2.C13H24O2.Ir/c1-2-5-17-13-22-21(12-16(17)4-1)23-14-18-9-8-15-6-3-7-19-20-10-11-28-25(22)27(20)29(23)26(18)24(15)19;1-5-10(6-2)12(14)9-13(15)11(7-3)8-4;/h1-12,14H;9-11,14H,5-8H2,1-4H3;/q-1;;/b;12-9-;. The molecule has 0 unspecified atom stereocenters. The molecule has 5 heteroatoms. The van der Waals surface area contributed by atoms with Gasteiger partial charge >= 0.3 is 0 Å². The number of benzene rings is 4. The van der Waals surface area contributed by atoms with Gasteiger partial charge in [0.15, 0.2) is 5.78 Å². The van der Waals surface area contributed by atoms with Crippen molar-refractivity contribution in [1.82, 2.24) is 9.38 Å². The van der Waals surface area contributed by atoms with Gasteiger partial charge in [0.1, 0.15) is 0 Å². The molecular weight excluding hydrogens is 733 g/mol. The molecule has 8 rings (SSSR count). The summed E-state index contributed by atoms with van der Waals surface area (Å²) in [4.78, 5) is 16.6. The van der Waals surface area contributed by atoms with Gasteiger partial charge < -0.3 is 9.51 Å². The summed E-state index contributed by atoms with van der Waals surface area (Å²) in [5, 5.41) is 20.9. The molecule has 0 aliphatic rings. The minimum absolute atomic E-state index is 0. The van der Waals surface area contributed by atoms with Crippen LogP contribution >= 0.6 is 0 Å². The molecular formula is C40H37IrN2O2-. The third-order valence-corrected chi connectivity index (χ3v) is 9.63. The maximum Gasteiger partial charge on any atom is 0.162 e. The van der Waals surface area contributed by atoms with Crippen LogP contribution in [0.15, 0.2) is 90.8 Å². The van der Waals surface area contributed by atoms with E-state index in [-0.39, 0.29) is 43.5 Å². The number of fused-ring (bicyclic) bond motifs is 5. The first kappa shape index (κ1) is 31.0. The van der Waals surface area contributed by atoms with Gasteiger partial charge in [-0.1, -0.05) is 92.4 Å². The third kappa shape index (κ3) is 4.94. The number of pyridine rings is 3. The largest absolute Gasteiger partial charge is 0.512 e. The number of hydrogen-bond acceptors (Lipinski definition) is 3. The molecule has 0 spiro atoms. The average molecular weight is 770 g/mol. The summed E-state index contributed by atoms with van der Waals surface area (Å²) in [6, 6.07) is 30.0. The van der Waals surface area contributed by atoms with Crippen molar-refractivity contribution in [2.24, 2.45) is 11.8 Å². The van der Waals surface area contributed by atoms with E-state index in [0.29, 0.717) is 0 Å². The molecule has 0 atom stereocenters. The predicted molar refractivity (Wildman–Crippen MR) is 185 cm³/mol. The van der Waals surface area contributed by atoms with Crippen molar-refractivity contribution in [3.63, 3.8) is 0 Å². The maximum atomic E-state index is 11.7. The normalized spacial score (nSPS) is 12.4.